The second-order valence-corrected chi connectivity index (χ2v) is 7.27. The van der Waals surface area contributed by atoms with Gasteiger partial charge in [-0.3, -0.25) is 0 Å². The highest BCUT2D eigenvalue weighted by Crippen LogP contribution is 2.29. The monoisotopic (exact) mass is 474 g/mol. The van der Waals surface area contributed by atoms with Crippen LogP contribution in [0.2, 0.25) is 0 Å². The number of methoxy groups -OCH3 is 2. The Bertz CT molecular complexity index is 908. The third-order valence-electron chi connectivity index (χ3n) is 4.74. The van der Waals surface area contributed by atoms with Crippen molar-refractivity contribution in [2.24, 2.45) is 0 Å². The fourth-order valence-electron chi connectivity index (χ4n) is 2.96. The summed E-state index contributed by atoms with van der Waals surface area (Å²) in [5.74, 6) is 0.480. The van der Waals surface area contributed by atoms with Gasteiger partial charge in [-0.2, -0.15) is 0 Å². The van der Waals surface area contributed by atoms with E-state index in [1.165, 1.54) is 13.2 Å². The highest BCUT2D eigenvalue weighted by atomic mass is 16.8. The van der Waals surface area contributed by atoms with Crippen LogP contribution in [0.3, 0.4) is 0 Å². The summed E-state index contributed by atoms with van der Waals surface area (Å²) < 4.78 is 32.9. The molecule has 0 spiro atoms. The molecule has 1 atom stereocenters. The minimum absolute atomic E-state index is 0.130. The molecule has 0 heterocycles. The lowest BCUT2D eigenvalue weighted by atomic mass is 10.1. The fraction of sp³-hybridized carbons (Fsp3) is 0.423. The standard InChI is InChI=1S/C26H34O8/c1-5-7-15-33-26(30-4)34-21-11-8-19(9-12-21)14-16-32-22-13-10-20(17-23(22)29-3)18-24(25(27)28)31-6-2/h8-13,17-18,26H,5-7,14-16H2,1-4H3,(H,27,28)/b24-18-. The smallest absolute Gasteiger partial charge is 0.371 e. The molecule has 0 amide bonds. The van der Waals surface area contributed by atoms with Gasteiger partial charge in [0.2, 0.25) is 5.76 Å². The van der Waals surface area contributed by atoms with Crippen molar-refractivity contribution in [3.63, 3.8) is 0 Å². The Labute approximate surface area is 201 Å². The van der Waals surface area contributed by atoms with Gasteiger partial charge in [0.1, 0.15) is 5.75 Å². The van der Waals surface area contributed by atoms with E-state index < -0.39 is 12.4 Å². The quantitative estimate of drug-likeness (QED) is 0.159. The first kappa shape index (κ1) is 27.0. The maximum absolute atomic E-state index is 11.3. The van der Waals surface area contributed by atoms with Gasteiger partial charge in [0, 0.05) is 13.5 Å². The molecule has 2 aromatic carbocycles. The van der Waals surface area contributed by atoms with Crippen LogP contribution in [0.15, 0.2) is 48.2 Å². The number of carboxylic acid groups (broad SMARTS) is 1. The summed E-state index contributed by atoms with van der Waals surface area (Å²) in [7, 11) is 3.08. The molecule has 2 rings (SSSR count). The molecule has 0 bridgehead atoms. The average molecular weight is 475 g/mol. The Kier molecular flexibility index (Phi) is 11.8. The third-order valence-corrected chi connectivity index (χ3v) is 4.74. The van der Waals surface area contributed by atoms with Crippen molar-refractivity contribution < 1.29 is 38.3 Å². The summed E-state index contributed by atoms with van der Waals surface area (Å²) in [4.78, 5) is 11.3. The van der Waals surface area contributed by atoms with Crippen LogP contribution in [0.4, 0.5) is 0 Å². The van der Waals surface area contributed by atoms with E-state index in [0.717, 1.165) is 18.4 Å². The number of rotatable bonds is 16. The van der Waals surface area contributed by atoms with Crippen LogP contribution in [0.25, 0.3) is 6.08 Å². The maximum atomic E-state index is 11.3. The molecular weight excluding hydrogens is 440 g/mol. The molecule has 1 N–H and O–H groups in total. The van der Waals surface area contributed by atoms with Gasteiger partial charge >= 0.3 is 12.4 Å². The molecule has 8 nitrogen and oxygen atoms in total. The number of benzene rings is 2. The largest absolute Gasteiger partial charge is 0.493 e. The Balaban J connectivity index is 1.92. The van der Waals surface area contributed by atoms with Gasteiger partial charge in [-0.25, -0.2) is 4.79 Å². The van der Waals surface area contributed by atoms with E-state index in [0.29, 0.717) is 42.4 Å². The van der Waals surface area contributed by atoms with Crippen LogP contribution in [0.1, 0.15) is 37.8 Å². The van der Waals surface area contributed by atoms with Crippen molar-refractivity contribution >= 4 is 12.0 Å². The van der Waals surface area contributed by atoms with E-state index in [1.54, 1.807) is 32.2 Å². The molecule has 1 unspecified atom stereocenters. The van der Waals surface area contributed by atoms with Gasteiger partial charge in [-0.15, -0.1) is 0 Å². The molecule has 34 heavy (non-hydrogen) atoms. The van der Waals surface area contributed by atoms with E-state index in [9.17, 15) is 9.90 Å². The van der Waals surface area contributed by atoms with Crippen molar-refractivity contribution in [3.8, 4) is 17.2 Å². The van der Waals surface area contributed by atoms with E-state index in [4.69, 9.17) is 28.4 Å². The van der Waals surface area contributed by atoms with Crippen LogP contribution >= 0.6 is 0 Å². The van der Waals surface area contributed by atoms with Crippen LogP contribution < -0.4 is 14.2 Å². The number of ether oxygens (including phenoxy) is 6. The normalized spacial score (nSPS) is 12.2. The summed E-state index contributed by atoms with van der Waals surface area (Å²) in [6, 6.07) is 12.9. The van der Waals surface area contributed by atoms with Gasteiger partial charge in [-0.1, -0.05) is 31.5 Å². The van der Waals surface area contributed by atoms with E-state index in [1.807, 2.05) is 24.3 Å². The Morgan fingerprint density at radius 1 is 1.03 bits per heavy atom. The van der Waals surface area contributed by atoms with Crippen LogP contribution in [-0.2, 0) is 25.4 Å². The zero-order chi connectivity index (χ0) is 24.8. The topological polar surface area (TPSA) is 92.7 Å². The summed E-state index contributed by atoms with van der Waals surface area (Å²) in [6.07, 6.45) is 4.12. The molecule has 0 aromatic heterocycles. The second-order valence-electron chi connectivity index (χ2n) is 7.27. The highest BCUT2D eigenvalue weighted by Gasteiger charge is 2.11. The summed E-state index contributed by atoms with van der Waals surface area (Å²) in [5, 5.41) is 9.22. The molecule has 8 heteroatoms. The average Bonchev–Trinajstić information content (AvgIpc) is 2.84. The SMILES string of the molecule is CCCCOC(OC)Oc1ccc(CCOc2ccc(/C=C(\OCC)C(=O)O)cc2OC)cc1. The van der Waals surface area contributed by atoms with Gasteiger partial charge < -0.3 is 33.5 Å². The minimum atomic E-state index is -1.13. The molecule has 0 radical (unpaired) electrons. The summed E-state index contributed by atoms with van der Waals surface area (Å²) in [6.45, 7) is 4.38. The minimum Gasteiger partial charge on any atom is -0.493 e. The van der Waals surface area contributed by atoms with Crippen LogP contribution in [0.5, 0.6) is 17.2 Å². The third kappa shape index (κ3) is 8.96. The molecule has 0 saturated carbocycles. The fourth-order valence-corrected chi connectivity index (χ4v) is 2.96. The first-order valence-corrected chi connectivity index (χ1v) is 11.3. The molecule has 186 valence electrons. The predicted molar refractivity (Wildman–Crippen MR) is 128 cm³/mol. The lowest BCUT2D eigenvalue weighted by Crippen LogP contribution is -2.23. The number of unbranched alkanes of at least 4 members (excludes halogenated alkanes) is 1. The molecular formula is C26H34O8. The predicted octanol–water partition coefficient (Wildman–Crippen LogP) is 4.90. The zero-order valence-electron chi connectivity index (χ0n) is 20.2. The van der Waals surface area contributed by atoms with Crippen LogP contribution in [0, 0.1) is 0 Å². The van der Waals surface area contributed by atoms with E-state index in [2.05, 4.69) is 6.92 Å². The molecule has 0 saturated heterocycles. The van der Waals surface area contributed by atoms with E-state index >= 15 is 0 Å². The van der Waals surface area contributed by atoms with Crippen LogP contribution in [-0.4, -0.2) is 51.6 Å². The van der Waals surface area contributed by atoms with E-state index in [-0.39, 0.29) is 12.4 Å². The van der Waals surface area contributed by atoms with Crippen molar-refractivity contribution in [1.29, 1.82) is 0 Å². The highest BCUT2D eigenvalue weighted by molar-refractivity contribution is 5.90. The lowest BCUT2D eigenvalue weighted by molar-refractivity contribution is -0.233. The number of carboxylic acids is 1. The molecule has 0 fully saturated rings. The second kappa shape index (κ2) is 14.8. The Hall–Kier alpha value is -3.23. The Morgan fingerprint density at radius 3 is 2.41 bits per heavy atom. The number of hydrogen-bond acceptors (Lipinski definition) is 7. The van der Waals surface area contributed by atoms with Crippen molar-refractivity contribution in [3.05, 3.63) is 59.4 Å². The van der Waals surface area contributed by atoms with Crippen molar-refractivity contribution in [2.45, 2.75) is 39.6 Å². The van der Waals surface area contributed by atoms with Gasteiger partial charge in [-0.05, 0) is 54.8 Å². The number of hydrogen-bond donors (Lipinski definition) is 1. The summed E-state index contributed by atoms with van der Waals surface area (Å²) >= 11 is 0. The number of aliphatic carboxylic acids is 1. The van der Waals surface area contributed by atoms with Crippen molar-refractivity contribution in [1.82, 2.24) is 0 Å². The first-order chi connectivity index (χ1) is 16.5. The summed E-state index contributed by atoms with van der Waals surface area (Å²) in [5.41, 5.74) is 1.72. The maximum Gasteiger partial charge on any atom is 0.371 e. The van der Waals surface area contributed by atoms with Crippen molar-refractivity contribution in [2.75, 3.05) is 34.0 Å². The molecule has 0 aliphatic heterocycles. The molecule has 2 aromatic rings. The Morgan fingerprint density at radius 2 is 1.79 bits per heavy atom. The molecule has 0 aliphatic rings. The zero-order valence-corrected chi connectivity index (χ0v) is 20.2. The lowest BCUT2D eigenvalue weighted by Gasteiger charge is -2.17. The van der Waals surface area contributed by atoms with Gasteiger partial charge in [0.15, 0.2) is 11.5 Å². The first-order valence-electron chi connectivity index (χ1n) is 11.3. The van der Waals surface area contributed by atoms with Gasteiger partial charge in [0.05, 0.1) is 26.9 Å². The van der Waals surface area contributed by atoms with Gasteiger partial charge in [0.25, 0.3) is 0 Å². The number of carbonyl (C=O) groups is 1. The molecule has 0 aliphatic carbocycles.